The summed E-state index contributed by atoms with van der Waals surface area (Å²) < 4.78 is 11.2. The largest absolute Gasteiger partial charge is 0.477 e. The quantitative estimate of drug-likeness (QED) is 0.798. The normalized spacial score (nSPS) is 19.3. The van der Waals surface area contributed by atoms with Gasteiger partial charge in [-0.05, 0) is 18.2 Å². The Labute approximate surface area is 106 Å². The minimum atomic E-state index is 0.736. The molecule has 0 saturated carbocycles. The molecule has 0 radical (unpaired) electrons. The average Bonchev–Trinajstić information content (AvgIpc) is 2.49. The second-order valence-electron chi connectivity index (χ2n) is 4.36. The van der Waals surface area contributed by atoms with E-state index in [0.29, 0.717) is 0 Å². The smallest absolute Gasteiger partial charge is 0.216 e. The van der Waals surface area contributed by atoms with E-state index in [2.05, 4.69) is 9.98 Å². The lowest BCUT2D eigenvalue weighted by molar-refractivity contribution is 0.283. The maximum absolute atomic E-state index is 5.58. The lowest BCUT2D eigenvalue weighted by Crippen LogP contribution is -2.17. The number of benzene rings is 1. The Balaban J connectivity index is 1.88. The maximum atomic E-state index is 5.58. The summed E-state index contributed by atoms with van der Waals surface area (Å²) in [7, 11) is 0. The zero-order valence-corrected chi connectivity index (χ0v) is 10.3. The third-order valence-corrected chi connectivity index (χ3v) is 2.95. The van der Waals surface area contributed by atoms with Crippen molar-refractivity contribution in [2.24, 2.45) is 9.98 Å². The molecule has 0 fully saturated rings. The van der Waals surface area contributed by atoms with E-state index in [1.807, 2.05) is 24.3 Å². The van der Waals surface area contributed by atoms with Crippen molar-refractivity contribution >= 4 is 11.8 Å². The van der Waals surface area contributed by atoms with Crippen LogP contribution in [0, 0.1) is 0 Å². The van der Waals surface area contributed by atoms with Crippen LogP contribution in [0.3, 0.4) is 0 Å². The first-order valence-electron chi connectivity index (χ1n) is 6.39. The van der Waals surface area contributed by atoms with Gasteiger partial charge < -0.3 is 9.47 Å². The minimum absolute atomic E-state index is 0.736. The predicted molar refractivity (Wildman–Crippen MR) is 70.4 cm³/mol. The van der Waals surface area contributed by atoms with Crippen LogP contribution in [0.4, 0.5) is 0 Å². The zero-order valence-electron chi connectivity index (χ0n) is 10.3. The molecule has 4 nitrogen and oxygen atoms in total. The van der Waals surface area contributed by atoms with Crippen LogP contribution >= 0.6 is 0 Å². The van der Waals surface area contributed by atoms with E-state index < -0.39 is 0 Å². The standard InChI is InChI=1S/C14H16N2O2/c1-4-11(13-15-6-2-8-17-13)10-12(5-1)14-16-7-3-9-18-14/h1,4-5,10H,2-3,6-9H2. The van der Waals surface area contributed by atoms with Gasteiger partial charge in [0.15, 0.2) is 0 Å². The maximum Gasteiger partial charge on any atom is 0.216 e. The average molecular weight is 244 g/mol. The van der Waals surface area contributed by atoms with Gasteiger partial charge in [0, 0.05) is 37.1 Å². The Kier molecular flexibility index (Phi) is 3.26. The molecule has 2 heterocycles. The summed E-state index contributed by atoms with van der Waals surface area (Å²) >= 11 is 0. The first kappa shape index (κ1) is 11.3. The highest BCUT2D eigenvalue weighted by atomic mass is 16.5. The third kappa shape index (κ3) is 2.37. The Morgan fingerprint density at radius 2 is 1.39 bits per heavy atom. The Bertz CT molecular complexity index is 453. The van der Waals surface area contributed by atoms with Crippen LogP contribution in [0.15, 0.2) is 34.3 Å². The molecular weight excluding hydrogens is 228 g/mol. The first-order chi connectivity index (χ1) is 8.93. The van der Waals surface area contributed by atoms with Gasteiger partial charge >= 0.3 is 0 Å². The van der Waals surface area contributed by atoms with Gasteiger partial charge in [-0.1, -0.05) is 6.07 Å². The Hall–Kier alpha value is -1.84. The van der Waals surface area contributed by atoms with Gasteiger partial charge in [-0.15, -0.1) is 0 Å². The Morgan fingerprint density at radius 1 is 0.833 bits per heavy atom. The second kappa shape index (κ2) is 5.21. The molecule has 1 aromatic rings. The lowest BCUT2D eigenvalue weighted by Gasteiger charge is -2.16. The van der Waals surface area contributed by atoms with Crippen LogP contribution in [-0.4, -0.2) is 38.1 Å². The molecule has 1 aromatic carbocycles. The topological polar surface area (TPSA) is 43.2 Å². The van der Waals surface area contributed by atoms with E-state index in [1.165, 1.54) is 0 Å². The van der Waals surface area contributed by atoms with Crippen molar-refractivity contribution in [1.29, 1.82) is 0 Å². The van der Waals surface area contributed by atoms with Crippen LogP contribution in [0.2, 0.25) is 0 Å². The van der Waals surface area contributed by atoms with E-state index >= 15 is 0 Å². The molecule has 2 aliphatic heterocycles. The predicted octanol–water partition coefficient (Wildman–Crippen LogP) is 2.02. The summed E-state index contributed by atoms with van der Waals surface area (Å²) in [6.07, 6.45) is 2.00. The van der Waals surface area contributed by atoms with Gasteiger partial charge in [0.1, 0.15) is 0 Å². The molecule has 0 aromatic heterocycles. The van der Waals surface area contributed by atoms with Gasteiger partial charge in [0.2, 0.25) is 11.8 Å². The molecule has 2 aliphatic rings. The molecule has 0 amide bonds. The molecule has 3 rings (SSSR count). The van der Waals surface area contributed by atoms with Crippen molar-refractivity contribution in [2.45, 2.75) is 12.8 Å². The highest BCUT2D eigenvalue weighted by Gasteiger charge is 2.13. The molecule has 0 bridgehead atoms. The fourth-order valence-electron chi connectivity index (χ4n) is 2.05. The summed E-state index contributed by atoms with van der Waals surface area (Å²) in [5, 5.41) is 0. The monoisotopic (exact) mass is 244 g/mol. The fourth-order valence-corrected chi connectivity index (χ4v) is 2.05. The summed E-state index contributed by atoms with van der Waals surface area (Å²) in [6.45, 7) is 3.19. The number of hydrogen-bond donors (Lipinski definition) is 0. The molecule has 0 spiro atoms. The molecular formula is C14H16N2O2. The number of hydrogen-bond acceptors (Lipinski definition) is 4. The highest BCUT2D eigenvalue weighted by Crippen LogP contribution is 2.13. The molecule has 18 heavy (non-hydrogen) atoms. The van der Waals surface area contributed by atoms with Crippen LogP contribution in [-0.2, 0) is 9.47 Å². The first-order valence-corrected chi connectivity index (χ1v) is 6.39. The molecule has 4 heteroatoms. The SMILES string of the molecule is c1cc(C2=NCCCO2)cc(C2=NCCCO2)c1. The van der Waals surface area contributed by atoms with Crippen molar-refractivity contribution in [1.82, 2.24) is 0 Å². The van der Waals surface area contributed by atoms with E-state index in [-0.39, 0.29) is 0 Å². The zero-order chi connectivity index (χ0) is 12.2. The van der Waals surface area contributed by atoms with Crippen molar-refractivity contribution in [3.05, 3.63) is 35.4 Å². The number of ether oxygens (including phenoxy) is 2. The van der Waals surface area contributed by atoms with E-state index in [4.69, 9.17) is 9.47 Å². The third-order valence-electron chi connectivity index (χ3n) is 2.95. The van der Waals surface area contributed by atoms with E-state index in [9.17, 15) is 0 Å². The number of rotatable bonds is 2. The summed E-state index contributed by atoms with van der Waals surface area (Å²) in [4.78, 5) is 8.80. The molecule has 0 N–H and O–H groups in total. The van der Waals surface area contributed by atoms with Gasteiger partial charge in [-0.3, -0.25) is 9.98 Å². The molecule has 0 saturated heterocycles. The van der Waals surface area contributed by atoms with Gasteiger partial charge in [0.25, 0.3) is 0 Å². The van der Waals surface area contributed by atoms with Crippen molar-refractivity contribution in [2.75, 3.05) is 26.3 Å². The number of nitrogens with zero attached hydrogens (tertiary/aromatic N) is 2. The number of aliphatic imine (C=N–C) groups is 2. The van der Waals surface area contributed by atoms with E-state index in [1.54, 1.807) is 0 Å². The lowest BCUT2D eigenvalue weighted by atomic mass is 10.1. The van der Waals surface area contributed by atoms with Crippen molar-refractivity contribution in [3.8, 4) is 0 Å². The van der Waals surface area contributed by atoms with Gasteiger partial charge in [-0.25, -0.2) is 0 Å². The van der Waals surface area contributed by atoms with Crippen LogP contribution < -0.4 is 0 Å². The molecule has 0 unspecified atom stereocenters. The summed E-state index contributed by atoms with van der Waals surface area (Å²) in [5.74, 6) is 1.47. The molecule has 94 valence electrons. The molecule has 0 aliphatic carbocycles. The van der Waals surface area contributed by atoms with Crippen LogP contribution in [0.25, 0.3) is 0 Å². The highest BCUT2D eigenvalue weighted by molar-refractivity contribution is 5.99. The van der Waals surface area contributed by atoms with Crippen LogP contribution in [0.1, 0.15) is 24.0 Å². The summed E-state index contributed by atoms with van der Waals surface area (Å²) in [5.41, 5.74) is 2.01. The summed E-state index contributed by atoms with van der Waals surface area (Å²) in [6, 6.07) is 8.05. The van der Waals surface area contributed by atoms with Crippen LogP contribution in [0.5, 0.6) is 0 Å². The second-order valence-corrected chi connectivity index (χ2v) is 4.36. The van der Waals surface area contributed by atoms with Gasteiger partial charge in [0.05, 0.1) is 13.2 Å². The van der Waals surface area contributed by atoms with Crippen molar-refractivity contribution < 1.29 is 9.47 Å². The minimum Gasteiger partial charge on any atom is -0.477 e. The van der Waals surface area contributed by atoms with E-state index in [0.717, 1.165) is 62.1 Å². The van der Waals surface area contributed by atoms with Gasteiger partial charge in [-0.2, -0.15) is 0 Å². The Morgan fingerprint density at radius 3 is 1.83 bits per heavy atom. The van der Waals surface area contributed by atoms with Crippen molar-refractivity contribution in [3.63, 3.8) is 0 Å². The molecule has 0 atom stereocenters. The fraction of sp³-hybridized carbons (Fsp3) is 0.429.